The van der Waals surface area contributed by atoms with Gasteiger partial charge in [0.2, 0.25) is 0 Å². The molecule has 9 heteroatoms. The number of benzene rings is 3. The zero-order chi connectivity index (χ0) is 32.2. The monoisotopic (exact) mass is 636 g/mol. The number of methoxy groups -OCH3 is 1. The van der Waals surface area contributed by atoms with Crippen LogP contribution >= 0.6 is 0 Å². The summed E-state index contributed by atoms with van der Waals surface area (Å²) in [5.41, 5.74) is 0.932. The fraction of sp³-hybridized carbons (Fsp3) is 0.500. The van der Waals surface area contributed by atoms with E-state index in [1.165, 1.54) is 10.4 Å². The summed E-state index contributed by atoms with van der Waals surface area (Å²) < 4.78 is 37.2. The van der Waals surface area contributed by atoms with Crippen molar-refractivity contribution in [1.29, 1.82) is 0 Å². The van der Waals surface area contributed by atoms with Gasteiger partial charge in [0.05, 0.1) is 39.1 Å². The van der Waals surface area contributed by atoms with Crippen LogP contribution in [0.25, 0.3) is 0 Å². The molecule has 0 bridgehead atoms. The largest absolute Gasteiger partial charge is 0.497 e. The second-order valence-corrected chi connectivity index (χ2v) is 17.8. The molecule has 2 aliphatic rings. The molecule has 3 aromatic rings. The van der Waals surface area contributed by atoms with Crippen molar-refractivity contribution in [3.63, 3.8) is 0 Å². The van der Waals surface area contributed by atoms with Gasteiger partial charge in [-0.15, -0.1) is 0 Å². The Morgan fingerprint density at radius 3 is 2.04 bits per heavy atom. The number of hydrogen-bond donors (Lipinski definition) is 2. The molecular weight excluding hydrogens is 588 g/mol. The van der Waals surface area contributed by atoms with Crippen LogP contribution in [0, 0.1) is 0 Å². The molecule has 2 aliphatic heterocycles. The summed E-state index contributed by atoms with van der Waals surface area (Å²) in [6, 6.07) is 28.5. The number of aliphatic hydroxyl groups is 2. The van der Waals surface area contributed by atoms with Crippen molar-refractivity contribution >= 4 is 18.7 Å². The molecule has 0 radical (unpaired) electrons. The van der Waals surface area contributed by atoms with Crippen molar-refractivity contribution < 1.29 is 38.3 Å². The van der Waals surface area contributed by atoms with Gasteiger partial charge in [-0.25, -0.2) is 0 Å². The smallest absolute Gasteiger partial charge is 0.261 e. The van der Waals surface area contributed by atoms with Crippen LogP contribution in [0.2, 0.25) is 5.04 Å². The van der Waals surface area contributed by atoms with Crippen LogP contribution in [-0.4, -0.2) is 81.3 Å². The van der Waals surface area contributed by atoms with Crippen molar-refractivity contribution in [2.24, 2.45) is 0 Å². The molecule has 0 spiro atoms. The summed E-state index contributed by atoms with van der Waals surface area (Å²) in [6.07, 6.45) is -4.02. The molecule has 2 N–H and O–H groups in total. The highest BCUT2D eigenvalue weighted by Gasteiger charge is 2.55. The first-order chi connectivity index (χ1) is 21.4. The van der Waals surface area contributed by atoms with E-state index in [9.17, 15) is 10.2 Å². The highest BCUT2D eigenvalue weighted by molar-refractivity contribution is 6.99. The predicted molar refractivity (Wildman–Crippen MR) is 175 cm³/mol. The summed E-state index contributed by atoms with van der Waals surface area (Å²) in [6.45, 7) is 10.9. The molecular formula is C36H48O8Si. The van der Waals surface area contributed by atoms with Gasteiger partial charge in [-0.1, -0.05) is 93.6 Å². The predicted octanol–water partition coefficient (Wildman–Crippen LogP) is 4.19. The zero-order valence-corrected chi connectivity index (χ0v) is 28.2. The molecule has 2 saturated heterocycles. The maximum atomic E-state index is 11.4. The van der Waals surface area contributed by atoms with Gasteiger partial charge in [0.1, 0.15) is 30.2 Å². The van der Waals surface area contributed by atoms with Gasteiger partial charge in [0.25, 0.3) is 8.32 Å². The molecule has 45 heavy (non-hydrogen) atoms. The van der Waals surface area contributed by atoms with E-state index in [4.69, 9.17) is 28.1 Å². The lowest BCUT2D eigenvalue weighted by atomic mass is 9.93. The minimum absolute atomic E-state index is 0.0715. The van der Waals surface area contributed by atoms with Gasteiger partial charge < -0.3 is 38.3 Å². The van der Waals surface area contributed by atoms with E-state index in [0.717, 1.165) is 11.3 Å². The maximum Gasteiger partial charge on any atom is 0.261 e. The van der Waals surface area contributed by atoms with Crippen LogP contribution in [-0.2, 0) is 30.0 Å². The Hall–Kier alpha value is -2.60. The molecule has 0 amide bonds. The third-order valence-electron chi connectivity index (χ3n) is 8.74. The van der Waals surface area contributed by atoms with Crippen LogP contribution < -0.4 is 15.1 Å². The number of hydrogen-bond acceptors (Lipinski definition) is 8. The van der Waals surface area contributed by atoms with Gasteiger partial charge in [-0.3, -0.25) is 0 Å². The van der Waals surface area contributed by atoms with Crippen LogP contribution in [0.5, 0.6) is 5.75 Å². The first-order valence-electron chi connectivity index (χ1n) is 15.8. The Morgan fingerprint density at radius 2 is 1.49 bits per heavy atom. The SMILES string of the molecule is COc1ccc(COC[C@@H](O)[C@H](O)[C@H]2O[C@H](CO[Si](c3ccccc3)(c3ccccc3)C(C)(C)C)C[C@@H]3OC(C)(C)O[C@H]23)cc1. The average molecular weight is 637 g/mol. The van der Waals surface area contributed by atoms with E-state index in [2.05, 4.69) is 69.3 Å². The molecule has 0 aromatic heterocycles. The van der Waals surface area contributed by atoms with Gasteiger partial charge in [0.15, 0.2) is 5.79 Å². The lowest BCUT2D eigenvalue weighted by Crippen LogP contribution is -2.67. The van der Waals surface area contributed by atoms with Gasteiger partial charge in [-0.2, -0.15) is 0 Å². The van der Waals surface area contributed by atoms with Crippen molar-refractivity contribution in [3.05, 3.63) is 90.5 Å². The molecule has 0 unspecified atom stereocenters. The standard InChI is InChI=1S/C36H48O8Si/c1-35(2,3)45(28-13-9-7-10-14-28,29-15-11-8-12-16-29)41-23-27-21-31-33(44-36(4,5)43-31)34(42-27)32(38)30(37)24-40-22-25-17-19-26(39-6)20-18-25/h7-20,27,30-34,37-38H,21-24H2,1-6H3/t27-,30+,31-,32-,33-,34+/m0/s1. The Labute approximate surface area is 268 Å². The third-order valence-corrected chi connectivity index (χ3v) is 13.7. The summed E-state index contributed by atoms with van der Waals surface area (Å²) in [5, 5.41) is 24.6. The molecule has 244 valence electrons. The van der Waals surface area contributed by atoms with Gasteiger partial charge in [0, 0.05) is 6.42 Å². The Kier molecular flexibility index (Phi) is 10.5. The van der Waals surface area contributed by atoms with E-state index >= 15 is 0 Å². The Balaban J connectivity index is 1.33. The minimum atomic E-state index is -2.81. The van der Waals surface area contributed by atoms with E-state index in [1.807, 2.05) is 50.2 Å². The lowest BCUT2D eigenvalue weighted by molar-refractivity contribution is -0.205. The minimum Gasteiger partial charge on any atom is -0.497 e. The van der Waals surface area contributed by atoms with Crippen molar-refractivity contribution in [2.75, 3.05) is 20.3 Å². The summed E-state index contributed by atoms with van der Waals surface area (Å²) in [4.78, 5) is 0. The maximum absolute atomic E-state index is 11.4. The highest BCUT2D eigenvalue weighted by atomic mass is 28.4. The number of fused-ring (bicyclic) bond motifs is 1. The summed E-state index contributed by atoms with van der Waals surface area (Å²) >= 11 is 0. The molecule has 6 atom stereocenters. The summed E-state index contributed by atoms with van der Waals surface area (Å²) in [7, 11) is -1.20. The molecule has 2 heterocycles. The number of rotatable bonds is 12. The van der Waals surface area contributed by atoms with Crippen LogP contribution in [0.1, 0.15) is 46.6 Å². The van der Waals surface area contributed by atoms with Crippen molar-refractivity contribution in [2.45, 2.75) is 95.1 Å². The first-order valence-corrected chi connectivity index (χ1v) is 17.7. The van der Waals surface area contributed by atoms with Crippen LogP contribution in [0.4, 0.5) is 0 Å². The second kappa shape index (κ2) is 14.0. The average Bonchev–Trinajstić information content (AvgIpc) is 3.35. The fourth-order valence-electron chi connectivity index (χ4n) is 6.64. The van der Waals surface area contributed by atoms with Crippen molar-refractivity contribution in [1.82, 2.24) is 0 Å². The number of aliphatic hydroxyl groups excluding tert-OH is 2. The van der Waals surface area contributed by atoms with Crippen molar-refractivity contribution in [3.8, 4) is 5.75 Å². The quantitative estimate of drug-likeness (QED) is 0.286. The fourth-order valence-corrected chi connectivity index (χ4v) is 11.2. The van der Waals surface area contributed by atoms with E-state index in [0.29, 0.717) is 13.0 Å². The van der Waals surface area contributed by atoms with E-state index in [-0.39, 0.29) is 24.4 Å². The zero-order valence-electron chi connectivity index (χ0n) is 27.2. The molecule has 2 fully saturated rings. The van der Waals surface area contributed by atoms with Crippen LogP contribution in [0.15, 0.2) is 84.9 Å². The normalized spacial score (nSPS) is 24.5. The van der Waals surface area contributed by atoms with Crippen LogP contribution in [0.3, 0.4) is 0 Å². The molecule has 3 aromatic carbocycles. The third kappa shape index (κ3) is 7.53. The molecule has 0 aliphatic carbocycles. The van der Waals surface area contributed by atoms with E-state index in [1.54, 1.807) is 7.11 Å². The van der Waals surface area contributed by atoms with Gasteiger partial charge >= 0.3 is 0 Å². The topological polar surface area (TPSA) is 95.8 Å². The molecule has 0 saturated carbocycles. The first kappa shape index (κ1) is 33.8. The lowest BCUT2D eigenvalue weighted by Gasteiger charge is -2.45. The van der Waals surface area contributed by atoms with Gasteiger partial charge in [-0.05, 0) is 47.0 Å². The second-order valence-electron chi connectivity index (χ2n) is 13.5. The summed E-state index contributed by atoms with van der Waals surface area (Å²) in [5.74, 6) is -0.0892. The highest BCUT2D eigenvalue weighted by Crippen LogP contribution is 2.41. The Morgan fingerprint density at radius 1 is 0.889 bits per heavy atom. The molecule has 5 rings (SSSR count). The molecule has 8 nitrogen and oxygen atoms in total. The number of ether oxygens (including phenoxy) is 5. The Bertz CT molecular complexity index is 1310. The van der Waals surface area contributed by atoms with E-state index < -0.39 is 44.6 Å².